The molecule has 1 aromatic rings. The third-order valence-corrected chi connectivity index (χ3v) is 3.13. The molecule has 1 aromatic carbocycles. The summed E-state index contributed by atoms with van der Waals surface area (Å²) in [6.45, 7) is 0.732. The second kappa shape index (κ2) is 5.01. The Bertz CT molecular complexity index is 634. The standard InChI is InChI=1S/C16H13N2O/c19-16(14-7-2-1-3-8-14)17-18-11-10-13-6-4-5-9-15(13)12-18/h1-4,6-9,12H,10-11H2/q+1. The van der Waals surface area contributed by atoms with E-state index >= 15 is 0 Å². The maximum Gasteiger partial charge on any atom is 0.259 e. The molecule has 0 unspecified atom stereocenters. The lowest BCUT2D eigenvalue weighted by Crippen LogP contribution is -2.25. The summed E-state index contributed by atoms with van der Waals surface area (Å²) in [6.07, 6.45) is 11.7. The molecule has 0 fully saturated rings. The second-order valence-corrected chi connectivity index (χ2v) is 4.44. The Hall–Kier alpha value is -2.51. The first kappa shape index (κ1) is 11.6. The monoisotopic (exact) mass is 249 g/mol. The van der Waals surface area contributed by atoms with E-state index in [9.17, 15) is 5.11 Å². The van der Waals surface area contributed by atoms with Gasteiger partial charge in [-0.2, -0.15) is 0 Å². The maximum absolute atomic E-state index is 12.0. The van der Waals surface area contributed by atoms with Gasteiger partial charge in [0.25, 0.3) is 6.21 Å². The highest BCUT2D eigenvalue weighted by molar-refractivity contribution is 5.90. The first-order valence-electron chi connectivity index (χ1n) is 6.24. The number of benzene rings is 1. The maximum atomic E-state index is 12.0. The molecule has 0 spiro atoms. The smallest absolute Gasteiger partial charge is 0.259 e. The lowest BCUT2D eigenvalue weighted by atomic mass is 9.99. The van der Waals surface area contributed by atoms with Crippen LogP contribution in [0.3, 0.4) is 0 Å². The van der Waals surface area contributed by atoms with E-state index in [-0.39, 0.29) is 5.90 Å². The highest BCUT2D eigenvalue weighted by Crippen LogP contribution is 2.18. The Morgan fingerprint density at radius 3 is 2.95 bits per heavy atom. The Morgan fingerprint density at radius 2 is 2.11 bits per heavy atom. The van der Waals surface area contributed by atoms with Crippen molar-refractivity contribution in [1.82, 2.24) is 0 Å². The summed E-state index contributed by atoms with van der Waals surface area (Å²) < 4.78 is 1.71. The van der Waals surface area contributed by atoms with Gasteiger partial charge in [0.2, 0.25) is 0 Å². The van der Waals surface area contributed by atoms with Crippen LogP contribution in [0.4, 0.5) is 0 Å². The first-order valence-corrected chi connectivity index (χ1v) is 6.24. The van der Waals surface area contributed by atoms with Gasteiger partial charge in [-0.05, 0) is 10.7 Å². The van der Waals surface area contributed by atoms with Crippen LogP contribution in [0.25, 0.3) is 0 Å². The highest BCUT2D eigenvalue weighted by Gasteiger charge is 2.23. The van der Waals surface area contributed by atoms with E-state index in [1.807, 2.05) is 36.6 Å². The number of allylic oxidation sites excluding steroid dienone is 5. The predicted octanol–water partition coefficient (Wildman–Crippen LogP) is 1.42. The minimum atomic E-state index is -0.208. The summed E-state index contributed by atoms with van der Waals surface area (Å²) in [6, 6.07) is 9.12. The number of rotatable bonds is 2. The van der Waals surface area contributed by atoms with Crippen LogP contribution in [0.15, 0.2) is 64.8 Å². The molecule has 0 saturated heterocycles. The lowest BCUT2D eigenvalue weighted by Gasteiger charge is -2.09. The molecule has 3 rings (SSSR count). The van der Waals surface area contributed by atoms with Crippen molar-refractivity contribution in [2.75, 3.05) is 6.54 Å². The highest BCUT2D eigenvalue weighted by atomic mass is 16.3. The predicted molar refractivity (Wildman–Crippen MR) is 72.8 cm³/mol. The van der Waals surface area contributed by atoms with E-state index < -0.39 is 0 Å². The summed E-state index contributed by atoms with van der Waals surface area (Å²) in [5, 5.41) is 16.1. The zero-order chi connectivity index (χ0) is 13.1. The van der Waals surface area contributed by atoms with Crippen LogP contribution >= 0.6 is 0 Å². The average molecular weight is 249 g/mol. The molecule has 0 N–H and O–H groups in total. The minimum Gasteiger partial charge on any atom is -0.854 e. The quantitative estimate of drug-likeness (QED) is 0.338. The van der Waals surface area contributed by atoms with Crippen molar-refractivity contribution in [3.8, 4) is 0 Å². The van der Waals surface area contributed by atoms with Gasteiger partial charge in [-0.15, -0.1) is 0 Å². The van der Waals surface area contributed by atoms with Crippen molar-refractivity contribution in [3.05, 3.63) is 71.3 Å². The van der Waals surface area contributed by atoms with E-state index in [1.165, 1.54) is 5.57 Å². The van der Waals surface area contributed by atoms with Gasteiger partial charge in [0, 0.05) is 6.08 Å². The van der Waals surface area contributed by atoms with Crippen LogP contribution in [-0.4, -0.2) is 23.3 Å². The first-order chi connectivity index (χ1) is 9.33. The van der Waals surface area contributed by atoms with Crippen molar-refractivity contribution >= 4 is 12.1 Å². The molecule has 2 aliphatic rings. The van der Waals surface area contributed by atoms with Gasteiger partial charge in [0.05, 0.1) is 24.0 Å². The molecule has 1 heterocycles. The van der Waals surface area contributed by atoms with E-state index in [0.29, 0.717) is 5.56 Å². The van der Waals surface area contributed by atoms with Crippen LogP contribution in [0.5, 0.6) is 0 Å². The normalized spacial score (nSPS) is 17.9. The molecule has 0 radical (unpaired) electrons. The van der Waals surface area contributed by atoms with Crippen LogP contribution in [0.1, 0.15) is 12.0 Å². The molecular formula is C16H13N2O+. The Kier molecular flexibility index (Phi) is 3.05. The molecule has 1 aliphatic carbocycles. The van der Waals surface area contributed by atoms with Crippen molar-refractivity contribution in [2.45, 2.75) is 6.42 Å². The zero-order valence-electron chi connectivity index (χ0n) is 10.4. The largest absolute Gasteiger partial charge is 0.854 e. The van der Waals surface area contributed by atoms with Crippen molar-refractivity contribution in [3.63, 3.8) is 0 Å². The molecule has 0 amide bonds. The lowest BCUT2D eigenvalue weighted by molar-refractivity contribution is -0.533. The summed E-state index contributed by atoms with van der Waals surface area (Å²) in [4.78, 5) is 0. The van der Waals surface area contributed by atoms with Crippen LogP contribution in [-0.2, 0) is 0 Å². The third-order valence-electron chi connectivity index (χ3n) is 3.13. The van der Waals surface area contributed by atoms with Crippen LogP contribution in [0.2, 0.25) is 0 Å². The van der Waals surface area contributed by atoms with Gasteiger partial charge in [0.1, 0.15) is 12.2 Å². The Balaban J connectivity index is 1.89. The molecular weight excluding hydrogens is 236 g/mol. The molecule has 3 heteroatoms. The van der Waals surface area contributed by atoms with Crippen LogP contribution in [0, 0.1) is 6.08 Å². The Morgan fingerprint density at radius 1 is 1.26 bits per heavy atom. The van der Waals surface area contributed by atoms with Crippen molar-refractivity contribution < 1.29 is 9.79 Å². The van der Waals surface area contributed by atoms with Gasteiger partial charge in [-0.25, -0.2) is 0 Å². The van der Waals surface area contributed by atoms with E-state index in [2.05, 4.69) is 17.3 Å². The molecule has 0 atom stereocenters. The summed E-state index contributed by atoms with van der Waals surface area (Å²) >= 11 is 0. The molecule has 3 nitrogen and oxygen atoms in total. The molecule has 0 saturated carbocycles. The van der Waals surface area contributed by atoms with Crippen molar-refractivity contribution in [1.29, 1.82) is 0 Å². The summed E-state index contributed by atoms with van der Waals surface area (Å²) in [5.74, 6) is -0.208. The van der Waals surface area contributed by atoms with Gasteiger partial charge >= 0.3 is 0 Å². The molecule has 1 aliphatic heterocycles. The molecule has 0 bridgehead atoms. The topological polar surface area (TPSA) is 38.4 Å². The van der Waals surface area contributed by atoms with Gasteiger partial charge in [-0.1, -0.05) is 35.0 Å². The average Bonchev–Trinajstić information content (AvgIpc) is 2.48. The number of hydrogen-bond acceptors (Lipinski definition) is 2. The molecule has 0 aromatic heterocycles. The summed E-state index contributed by atoms with van der Waals surface area (Å²) in [7, 11) is 0. The van der Waals surface area contributed by atoms with E-state index in [4.69, 9.17) is 0 Å². The van der Waals surface area contributed by atoms with Crippen molar-refractivity contribution in [2.24, 2.45) is 5.10 Å². The van der Waals surface area contributed by atoms with Crippen LogP contribution < -0.4 is 5.11 Å². The SMILES string of the molecule is [O-]/C(=N\[N+]1=CC2=C(C=C[C+]=C2)CC1)c1ccccc1. The van der Waals surface area contributed by atoms with Gasteiger partial charge in [0.15, 0.2) is 12.1 Å². The fourth-order valence-corrected chi connectivity index (χ4v) is 2.12. The van der Waals surface area contributed by atoms with E-state index in [1.54, 1.807) is 16.8 Å². The molecule has 19 heavy (non-hydrogen) atoms. The van der Waals surface area contributed by atoms with Gasteiger partial charge < -0.3 is 5.11 Å². The fraction of sp³-hybridized carbons (Fsp3) is 0.125. The van der Waals surface area contributed by atoms with E-state index in [0.717, 1.165) is 18.5 Å². The number of hydrazone groups is 1. The van der Waals surface area contributed by atoms with Gasteiger partial charge in [-0.3, -0.25) is 0 Å². The second-order valence-electron chi connectivity index (χ2n) is 4.44. The molecule has 92 valence electrons. The fourth-order valence-electron chi connectivity index (χ4n) is 2.12. The number of hydrogen-bond donors (Lipinski definition) is 0. The Labute approximate surface area is 112 Å². The summed E-state index contributed by atoms with van der Waals surface area (Å²) in [5.41, 5.74) is 2.97. The minimum absolute atomic E-state index is 0.208. The zero-order valence-corrected chi connectivity index (χ0v) is 10.4. The third kappa shape index (κ3) is 2.51. The number of nitrogens with zero attached hydrogens (tertiary/aromatic N) is 2.